The molecule has 6 N–H and O–H groups in total. The first-order valence-corrected chi connectivity index (χ1v) is 18.7. The molecule has 3 rings (SSSR count). The van der Waals surface area contributed by atoms with E-state index < -0.39 is 102 Å². The molecule has 0 saturated carbocycles. The quantitative estimate of drug-likeness (QED) is 0.125. The summed E-state index contributed by atoms with van der Waals surface area (Å²) >= 11 is 0. The van der Waals surface area contributed by atoms with E-state index in [-0.39, 0.29) is 37.3 Å². The van der Waals surface area contributed by atoms with Gasteiger partial charge in [0.2, 0.25) is 0 Å². The summed E-state index contributed by atoms with van der Waals surface area (Å²) in [5.74, 6) is -4.90. The minimum atomic E-state index is -1.97. The van der Waals surface area contributed by atoms with Crippen molar-refractivity contribution in [3.63, 3.8) is 0 Å². The summed E-state index contributed by atoms with van der Waals surface area (Å²) in [5, 5.41) is 72.1. The number of cyclic esters (lactones) is 1. The number of rotatable bonds is 7. The van der Waals surface area contributed by atoms with Crippen LogP contribution in [0.5, 0.6) is 0 Å². The third-order valence-corrected chi connectivity index (χ3v) is 12.0. The van der Waals surface area contributed by atoms with Crippen LogP contribution in [-0.2, 0) is 33.2 Å². The minimum Gasteiger partial charge on any atom is -0.459 e. The molecule has 0 aromatic rings. The van der Waals surface area contributed by atoms with Crippen LogP contribution in [0.3, 0.4) is 0 Å². The third kappa shape index (κ3) is 9.30. The molecule has 0 spiro atoms. The number of esters is 1. The van der Waals surface area contributed by atoms with Crippen molar-refractivity contribution in [1.29, 1.82) is 0 Å². The summed E-state index contributed by atoms with van der Waals surface area (Å²) in [4.78, 5) is 16.0. The molecule has 0 radical (unpaired) electrons. The largest absolute Gasteiger partial charge is 0.459 e. The van der Waals surface area contributed by atoms with Gasteiger partial charge in [0, 0.05) is 36.8 Å². The van der Waals surface area contributed by atoms with E-state index in [2.05, 4.69) is 5.16 Å². The van der Waals surface area contributed by atoms with Crippen molar-refractivity contribution in [1.82, 2.24) is 4.90 Å². The SMILES string of the molecule is CC[C@@H]1OC(=O)[C@H](C)[C@H](O[C@@H]2OC[C@@](C)(OC)[C@@H](O)[C@@H]2C)[C@H](C)[C@H](O[C@@H]2O[C@H](C)C[C@H](N(C)C)[C@H]2O)[C@](C)(O)C[C@H](C)/C(=N\O)[C@H](C)[C@@H](O)[C@]1(C)O. The minimum absolute atomic E-state index is 0.0131. The second-order valence-corrected chi connectivity index (χ2v) is 16.7. The molecule has 3 saturated heterocycles. The van der Waals surface area contributed by atoms with Crippen molar-refractivity contribution >= 4 is 11.7 Å². The van der Waals surface area contributed by atoms with Gasteiger partial charge in [-0.3, -0.25) is 4.79 Å². The molecule has 0 amide bonds. The number of carbonyl (C=O) groups excluding carboxylic acids is 1. The molecule has 0 aliphatic carbocycles. The summed E-state index contributed by atoms with van der Waals surface area (Å²) in [6.45, 7) is 16.6. The molecular formula is C37H68N2O13. The Hall–Kier alpha value is -1.50. The van der Waals surface area contributed by atoms with Gasteiger partial charge in [-0.2, -0.15) is 0 Å². The van der Waals surface area contributed by atoms with Gasteiger partial charge in [-0.05, 0) is 68.0 Å². The van der Waals surface area contributed by atoms with Crippen molar-refractivity contribution in [3.8, 4) is 0 Å². The number of aliphatic hydroxyl groups is 5. The Balaban J connectivity index is 2.20. The van der Waals surface area contributed by atoms with Gasteiger partial charge in [-0.15, -0.1) is 0 Å². The van der Waals surface area contributed by atoms with Gasteiger partial charge in [0.15, 0.2) is 12.6 Å². The molecule has 3 aliphatic heterocycles. The fourth-order valence-electron chi connectivity index (χ4n) is 8.53. The fraction of sp³-hybridized carbons (Fsp3) is 0.946. The van der Waals surface area contributed by atoms with Crippen molar-refractivity contribution in [2.45, 2.75) is 167 Å². The molecule has 3 aliphatic rings. The smallest absolute Gasteiger partial charge is 0.311 e. The first-order chi connectivity index (χ1) is 24.0. The van der Waals surface area contributed by atoms with Crippen LogP contribution in [0.2, 0.25) is 0 Å². The molecule has 0 aromatic carbocycles. The average Bonchev–Trinajstić information content (AvgIpc) is 3.07. The number of ether oxygens (including phenoxy) is 6. The second-order valence-electron chi connectivity index (χ2n) is 16.7. The first-order valence-electron chi connectivity index (χ1n) is 18.7. The number of oxime groups is 1. The van der Waals surface area contributed by atoms with E-state index in [0.717, 1.165) is 0 Å². The topological polar surface area (TPSA) is 209 Å². The molecule has 3 fully saturated rings. The van der Waals surface area contributed by atoms with E-state index in [0.29, 0.717) is 6.42 Å². The van der Waals surface area contributed by atoms with Crippen LogP contribution < -0.4 is 0 Å². The molecule has 52 heavy (non-hydrogen) atoms. The summed E-state index contributed by atoms with van der Waals surface area (Å²) in [7, 11) is 5.18. The van der Waals surface area contributed by atoms with Crippen LogP contribution in [0.15, 0.2) is 5.16 Å². The van der Waals surface area contributed by atoms with Gasteiger partial charge in [-0.1, -0.05) is 39.8 Å². The normalized spacial score (nSPS) is 49.8. The Morgan fingerprint density at radius 2 is 1.54 bits per heavy atom. The van der Waals surface area contributed by atoms with Crippen molar-refractivity contribution < 1.29 is 64.0 Å². The molecule has 18 atom stereocenters. The fourth-order valence-corrected chi connectivity index (χ4v) is 8.53. The monoisotopic (exact) mass is 748 g/mol. The van der Waals surface area contributed by atoms with E-state index in [1.165, 1.54) is 14.0 Å². The zero-order valence-corrected chi connectivity index (χ0v) is 33.4. The molecule has 3 heterocycles. The van der Waals surface area contributed by atoms with Gasteiger partial charge in [0.1, 0.15) is 23.4 Å². The van der Waals surface area contributed by atoms with E-state index >= 15 is 0 Å². The number of nitrogens with zero attached hydrogens (tertiary/aromatic N) is 2. The Kier molecular flexibility index (Phi) is 15.1. The lowest BCUT2D eigenvalue weighted by Gasteiger charge is -2.49. The molecule has 304 valence electrons. The summed E-state index contributed by atoms with van der Waals surface area (Å²) in [5.41, 5.74) is -4.65. The highest BCUT2D eigenvalue weighted by Gasteiger charge is 2.53. The van der Waals surface area contributed by atoms with Gasteiger partial charge < -0.3 is 64.1 Å². The van der Waals surface area contributed by atoms with Crippen molar-refractivity contribution in [2.75, 3.05) is 27.8 Å². The first kappa shape index (κ1) is 44.9. The van der Waals surface area contributed by atoms with Crippen molar-refractivity contribution in [3.05, 3.63) is 0 Å². The maximum atomic E-state index is 14.1. The van der Waals surface area contributed by atoms with Crippen LogP contribution in [-0.4, -0.2) is 153 Å². The summed E-state index contributed by atoms with van der Waals surface area (Å²) in [6, 6.07) is -0.324. The Morgan fingerprint density at radius 1 is 0.923 bits per heavy atom. The zero-order valence-electron chi connectivity index (χ0n) is 33.4. The number of carbonyl (C=O) groups is 1. The van der Waals surface area contributed by atoms with Gasteiger partial charge in [0.05, 0.1) is 54.4 Å². The van der Waals surface area contributed by atoms with E-state index in [1.54, 1.807) is 55.4 Å². The lowest BCUT2D eigenvalue weighted by atomic mass is 9.73. The highest BCUT2D eigenvalue weighted by molar-refractivity contribution is 5.88. The molecule has 0 bridgehead atoms. The van der Waals surface area contributed by atoms with Gasteiger partial charge in [-0.25, -0.2) is 0 Å². The van der Waals surface area contributed by atoms with E-state index in [9.17, 15) is 35.5 Å². The lowest BCUT2D eigenvalue weighted by molar-refractivity contribution is -0.319. The highest BCUT2D eigenvalue weighted by atomic mass is 16.7. The maximum absolute atomic E-state index is 14.1. The van der Waals surface area contributed by atoms with Crippen LogP contribution in [0.4, 0.5) is 0 Å². The number of hydrogen-bond donors (Lipinski definition) is 6. The summed E-state index contributed by atoms with van der Waals surface area (Å²) in [6.07, 6.45) is -9.02. The predicted molar refractivity (Wildman–Crippen MR) is 190 cm³/mol. The lowest BCUT2D eigenvalue weighted by Crippen LogP contribution is -2.61. The van der Waals surface area contributed by atoms with Crippen molar-refractivity contribution in [2.24, 2.45) is 34.7 Å². The van der Waals surface area contributed by atoms with E-state index in [4.69, 9.17) is 28.4 Å². The zero-order chi connectivity index (χ0) is 39.7. The molecule has 0 aromatic heterocycles. The van der Waals surface area contributed by atoms with Crippen LogP contribution in [0, 0.1) is 29.6 Å². The predicted octanol–water partition coefficient (Wildman–Crippen LogP) is 1.90. The maximum Gasteiger partial charge on any atom is 0.311 e. The standard InChI is InChI=1S/C37H68N2O13/c1-14-25-37(10,45)30(42)20(4)26(38-46)18(2)16-35(8,44)31(52-34-27(40)24(39(11)12)15-19(3)49-34)21(5)28(22(6)32(43)50-25)51-33-23(7)29(41)36(9,47-13)17-48-33/h18-25,27-31,33-34,40-42,44-46H,14-17H2,1-13H3/b38-26+/t18-,19+,20-,21-,22+,23-,24-,25-,27+,28+,29-,30+,31-,33-,34-,35+,36+,37+/m0/s1. The van der Waals surface area contributed by atoms with Gasteiger partial charge in [0.25, 0.3) is 0 Å². The van der Waals surface area contributed by atoms with E-state index in [1.807, 2.05) is 25.9 Å². The Bertz CT molecular complexity index is 1200. The van der Waals surface area contributed by atoms with Crippen LogP contribution >= 0.6 is 0 Å². The molecule has 0 unspecified atom stereocenters. The Labute approximate surface area is 309 Å². The third-order valence-electron chi connectivity index (χ3n) is 12.0. The second kappa shape index (κ2) is 17.5. The number of likely N-dealkylation sites (N-methyl/N-ethyl adjacent to an activating group) is 1. The number of methoxy groups -OCH3 is 1. The summed E-state index contributed by atoms with van der Waals surface area (Å²) < 4.78 is 37.1. The molecule has 15 heteroatoms. The number of aliphatic hydroxyl groups excluding tert-OH is 3. The van der Waals surface area contributed by atoms with Gasteiger partial charge >= 0.3 is 5.97 Å². The number of hydrogen-bond acceptors (Lipinski definition) is 15. The Morgan fingerprint density at radius 3 is 2.08 bits per heavy atom. The van der Waals surface area contributed by atoms with Crippen LogP contribution in [0.25, 0.3) is 0 Å². The highest BCUT2D eigenvalue weighted by Crippen LogP contribution is 2.41. The average molecular weight is 749 g/mol. The van der Waals surface area contributed by atoms with Crippen LogP contribution in [0.1, 0.15) is 88.5 Å². The molecule has 15 nitrogen and oxygen atoms in total. The molecular weight excluding hydrogens is 680 g/mol.